The molecule has 2 heterocycles. The first kappa shape index (κ1) is 14.6. The van der Waals surface area contributed by atoms with Crippen molar-refractivity contribution in [1.29, 1.82) is 0 Å². The molecule has 0 spiro atoms. The van der Waals surface area contributed by atoms with Gasteiger partial charge < -0.3 is 5.73 Å². The lowest BCUT2D eigenvalue weighted by Gasteiger charge is -2.26. The van der Waals surface area contributed by atoms with E-state index in [0.717, 1.165) is 18.4 Å². The van der Waals surface area contributed by atoms with Crippen LogP contribution in [0.3, 0.4) is 0 Å². The molecule has 0 amide bonds. The molecule has 112 valence electrons. The van der Waals surface area contributed by atoms with Crippen molar-refractivity contribution in [3.63, 3.8) is 0 Å². The van der Waals surface area contributed by atoms with E-state index in [0.29, 0.717) is 6.04 Å². The molecule has 2 nitrogen and oxygen atoms in total. The number of likely N-dealkylation sites (tertiary alicyclic amines) is 1. The third-order valence-corrected chi connectivity index (χ3v) is 6.73. The Morgan fingerprint density at radius 2 is 1.90 bits per heavy atom. The van der Waals surface area contributed by atoms with Crippen molar-refractivity contribution in [2.24, 2.45) is 17.6 Å². The fourth-order valence-corrected chi connectivity index (χ4v) is 5.12. The van der Waals surface area contributed by atoms with E-state index in [4.69, 9.17) is 5.73 Å². The lowest BCUT2D eigenvalue weighted by molar-refractivity contribution is 0.235. The molecule has 3 atom stereocenters. The lowest BCUT2D eigenvalue weighted by atomic mass is 9.95. The molecule has 0 bridgehead atoms. The van der Waals surface area contributed by atoms with Gasteiger partial charge in [-0.1, -0.05) is 27.2 Å². The van der Waals surface area contributed by atoms with Gasteiger partial charge in [-0.2, -0.15) is 0 Å². The molecule has 2 N–H and O–H groups in total. The number of hydrogen-bond acceptors (Lipinski definition) is 3. The Labute approximate surface area is 127 Å². The van der Waals surface area contributed by atoms with Crippen molar-refractivity contribution in [3.8, 4) is 0 Å². The van der Waals surface area contributed by atoms with Crippen molar-refractivity contribution in [2.45, 2.75) is 51.5 Å². The molecule has 1 aromatic rings. The molecule has 1 saturated carbocycles. The van der Waals surface area contributed by atoms with Crippen molar-refractivity contribution in [3.05, 3.63) is 21.9 Å². The average molecular weight is 292 g/mol. The summed E-state index contributed by atoms with van der Waals surface area (Å²) in [6.07, 6.45) is 4.33. The van der Waals surface area contributed by atoms with Crippen molar-refractivity contribution in [1.82, 2.24) is 4.90 Å². The molecule has 1 aromatic heterocycles. The minimum absolute atomic E-state index is 0.254. The van der Waals surface area contributed by atoms with Gasteiger partial charge in [0.2, 0.25) is 0 Å². The van der Waals surface area contributed by atoms with Crippen LogP contribution in [0, 0.1) is 11.8 Å². The van der Waals surface area contributed by atoms with Gasteiger partial charge in [0.15, 0.2) is 0 Å². The van der Waals surface area contributed by atoms with Gasteiger partial charge in [-0.25, -0.2) is 0 Å². The van der Waals surface area contributed by atoms with Gasteiger partial charge in [0.1, 0.15) is 0 Å². The molecular weight excluding hydrogens is 264 g/mol. The van der Waals surface area contributed by atoms with E-state index in [-0.39, 0.29) is 5.41 Å². The maximum atomic E-state index is 6.12. The summed E-state index contributed by atoms with van der Waals surface area (Å²) in [6, 6.07) is 5.07. The largest absolute Gasteiger partial charge is 0.329 e. The zero-order chi connectivity index (χ0) is 14.3. The monoisotopic (exact) mass is 292 g/mol. The summed E-state index contributed by atoms with van der Waals surface area (Å²) >= 11 is 1.97. The quantitative estimate of drug-likeness (QED) is 0.918. The van der Waals surface area contributed by atoms with Crippen LogP contribution in [0.2, 0.25) is 0 Å². The second-order valence-corrected chi connectivity index (χ2v) is 8.72. The molecule has 0 radical (unpaired) electrons. The molecule has 2 fully saturated rings. The smallest absolute Gasteiger partial charge is 0.0564 e. The Kier molecular flexibility index (Phi) is 3.95. The highest BCUT2D eigenvalue weighted by molar-refractivity contribution is 7.12. The second-order valence-electron chi connectivity index (χ2n) is 7.61. The first-order valence-corrected chi connectivity index (χ1v) is 8.85. The van der Waals surface area contributed by atoms with Gasteiger partial charge in [0.05, 0.1) is 6.04 Å². The first-order chi connectivity index (χ1) is 9.49. The predicted octanol–water partition coefficient (Wildman–Crippen LogP) is 3.78. The van der Waals surface area contributed by atoms with E-state index in [9.17, 15) is 0 Å². The molecule has 0 aromatic carbocycles. The van der Waals surface area contributed by atoms with Gasteiger partial charge in [-0.05, 0) is 42.2 Å². The highest BCUT2D eigenvalue weighted by Gasteiger charge is 2.39. The zero-order valence-electron chi connectivity index (χ0n) is 13.1. The van der Waals surface area contributed by atoms with Gasteiger partial charge in [-0.3, -0.25) is 4.90 Å². The molecule has 2 aliphatic rings. The Balaban J connectivity index is 1.75. The van der Waals surface area contributed by atoms with E-state index in [1.807, 2.05) is 11.3 Å². The van der Waals surface area contributed by atoms with E-state index >= 15 is 0 Å². The molecule has 1 aliphatic carbocycles. The predicted molar refractivity (Wildman–Crippen MR) is 87.2 cm³/mol. The summed E-state index contributed by atoms with van der Waals surface area (Å²) in [5.74, 6) is 1.90. The topological polar surface area (TPSA) is 29.3 Å². The number of fused-ring (bicyclic) bond motifs is 1. The summed E-state index contributed by atoms with van der Waals surface area (Å²) in [5.41, 5.74) is 6.37. The van der Waals surface area contributed by atoms with E-state index < -0.39 is 0 Å². The van der Waals surface area contributed by atoms with Crippen molar-refractivity contribution >= 4 is 11.3 Å². The molecular formula is C17H28N2S. The molecule has 1 saturated heterocycles. The highest BCUT2D eigenvalue weighted by Crippen LogP contribution is 2.42. The van der Waals surface area contributed by atoms with Gasteiger partial charge in [0.25, 0.3) is 0 Å². The maximum Gasteiger partial charge on any atom is 0.0564 e. The van der Waals surface area contributed by atoms with Crippen LogP contribution in [0.25, 0.3) is 0 Å². The van der Waals surface area contributed by atoms with Crippen molar-refractivity contribution < 1.29 is 0 Å². The van der Waals surface area contributed by atoms with Crippen LogP contribution in [0.4, 0.5) is 0 Å². The van der Waals surface area contributed by atoms with Crippen LogP contribution in [-0.4, -0.2) is 24.5 Å². The SMILES string of the molecule is CC(C)(C)c1ccc(C(CN)N2CC3CCCC3C2)s1. The third-order valence-electron chi connectivity index (χ3n) is 5.11. The number of hydrogen-bond donors (Lipinski definition) is 1. The summed E-state index contributed by atoms with van der Waals surface area (Å²) in [7, 11) is 0. The molecule has 3 heteroatoms. The fraction of sp³-hybridized carbons (Fsp3) is 0.765. The first-order valence-electron chi connectivity index (χ1n) is 8.03. The minimum atomic E-state index is 0.254. The van der Waals surface area contributed by atoms with Gasteiger partial charge in [0, 0.05) is 29.4 Å². The van der Waals surface area contributed by atoms with Crippen LogP contribution in [0.1, 0.15) is 55.8 Å². The van der Waals surface area contributed by atoms with Crippen LogP contribution in [0.5, 0.6) is 0 Å². The Morgan fingerprint density at radius 3 is 2.40 bits per heavy atom. The van der Waals surface area contributed by atoms with Gasteiger partial charge >= 0.3 is 0 Å². The minimum Gasteiger partial charge on any atom is -0.329 e. The summed E-state index contributed by atoms with van der Waals surface area (Å²) in [5, 5.41) is 0. The third kappa shape index (κ3) is 2.68. The van der Waals surface area contributed by atoms with E-state index in [2.05, 4.69) is 37.8 Å². The normalized spacial score (nSPS) is 28.8. The fourth-order valence-electron chi connectivity index (χ4n) is 3.91. The maximum absolute atomic E-state index is 6.12. The number of nitrogens with two attached hydrogens (primary N) is 1. The van der Waals surface area contributed by atoms with E-state index in [1.165, 1.54) is 42.1 Å². The Hall–Kier alpha value is -0.380. The van der Waals surface area contributed by atoms with Crippen LogP contribution >= 0.6 is 11.3 Å². The Morgan fingerprint density at radius 1 is 1.25 bits per heavy atom. The summed E-state index contributed by atoms with van der Waals surface area (Å²) in [4.78, 5) is 5.61. The lowest BCUT2D eigenvalue weighted by Crippen LogP contribution is -2.32. The van der Waals surface area contributed by atoms with E-state index in [1.54, 1.807) is 0 Å². The van der Waals surface area contributed by atoms with Gasteiger partial charge in [-0.15, -0.1) is 11.3 Å². The molecule has 3 rings (SSSR count). The molecule has 20 heavy (non-hydrogen) atoms. The molecule has 3 unspecified atom stereocenters. The number of rotatable bonds is 3. The summed E-state index contributed by atoms with van der Waals surface area (Å²) < 4.78 is 0. The van der Waals surface area contributed by atoms with Crippen LogP contribution < -0.4 is 5.73 Å². The summed E-state index contributed by atoms with van der Waals surface area (Å²) in [6.45, 7) is 10.2. The number of nitrogens with zero attached hydrogens (tertiary/aromatic N) is 1. The highest BCUT2D eigenvalue weighted by atomic mass is 32.1. The van der Waals surface area contributed by atoms with Crippen LogP contribution in [-0.2, 0) is 5.41 Å². The number of thiophene rings is 1. The Bertz CT molecular complexity index is 448. The van der Waals surface area contributed by atoms with Crippen LogP contribution in [0.15, 0.2) is 12.1 Å². The second kappa shape index (κ2) is 5.43. The average Bonchev–Trinajstić information content (AvgIpc) is 3.01. The van der Waals surface area contributed by atoms with Crippen molar-refractivity contribution in [2.75, 3.05) is 19.6 Å². The zero-order valence-corrected chi connectivity index (χ0v) is 13.9. The standard InChI is InChI=1S/C17H28N2S/c1-17(2,3)16-8-7-15(20-16)14(9-18)19-10-12-5-4-6-13(12)11-19/h7-8,12-14H,4-6,9-11,18H2,1-3H3. The molecule has 1 aliphatic heterocycles.